The van der Waals surface area contributed by atoms with E-state index >= 15 is 0 Å². The van der Waals surface area contributed by atoms with Crippen molar-refractivity contribution in [3.63, 3.8) is 0 Å². The number of ether oxygens (including phenoxy) is 4. The Labute approximate surface area is 594 Å². The number of aliphatic hydroxyl groups is 1. The summed E-state index contributed by atoms with van der Waals surface area (Å²) >= 11 is 0. The van der Waals surface area contributed by atoms with Crippen molar-refractivity contribution in [1.29, 1.82) is 0 Å². The van der Waals surface area contributed by atoms with Gasteiger partial charge in [-0.1, -0.05) is 356 Å². The van der Waals surface area contributed by atoms with Gasteiger partial charge in [0.1, 0.15) is 19.3 Å². The minimum absolute atomic E-state index is 0.105. The van der Waals surface area contributed by atoms with Crippen molar-refractivity contribution in [3.8, 4) is 0 Å². The van der Waals surface area contributed by atoms with E-state index in [1.807, 2.05) is 0 Å². The average molecular weight is 1420 g/mol. The molecule has 0 aliphatic carbocycles. The molecule has 2 unspecified atom stereocenters. The largest absolute Gasteiger partial charge is 0.472 e. The monoisotopic (exact) mass is 1420 g/mol. The smallest absolute Gasteiger partial charge is 0.462 e. The molecule has 0 spiro atoms. The molecule has 19 heteroatoms. The SMILES string of the molecule is CCCCCCCCCCCCCCCCCCC(=O)OC[C@H](COP(=O)(O)OC[C@@H](O)COP(=O)(O)OC[C@@H](COC(=O)CCCCCCCCCCC)OC(=O)CCCCCCCCCCC(C)C)OC(=O)CCCCCCCCCCCCCCCCCCCCC(C)C. The van der Waals surface area contributed by atoms with E-state index in [0.717, 1.165) is 102 Å². The van der Waals surface area contributed by atoms with Gasteiger partial charge in [-0.25, -0.2) is 9.13 Å². The van der Waals surface area contributed by atoms with E-state index in [0.29, 0.717) is 25.7 Å². The van der Waals surface area contributed by atoms with Crippen molar-refractivity contribution in [2.24, 2.45) is 11.8 Å². The van der Waals surface area contributed by atoms with Crippen molar-refractivity contribution in [3.05, 3.63) is 0 Å². The predicted octanol–water partition coefficient (Wildman–Crippen LogP) is 23.1. The van der Waals surface area contributed by atoms with E-state index in [4.69, 9.17) is 37.0 Å². The van der Waals surface area contributed by atoms with Crippen LogP contribution < -0.4 is 0 Å². The maximum Gasteiger partial charge on any atom is 0.472 e. The normalized spacial score (nSPS) is 14.0. The second-order valence-corrected chi connectivity index (χ2v) is 32.0. The highest BCUT2D eigenvalue weighted by molar-refractivity contribution is 7.47. The number of rotatable bonds is 77. The van der Waals surface area contributed by atoms with Crippen LogP contribution in [0, 0.1) is 11.8 Å². The molecule has 0 aromatic carbocycles. The molecule has 0 fully saturated rings. The molecule has 0 bridgehead atoms. The fraction of sp³-hybridized carbons (Fsp3) is 0.949. The van der Waals surface area contributed by atoms with Crippen LogP contribution in [0.15, 0.2) is 0 Å². The van der Waals surface area contributed by atoms with Crippen LogP contribution >= 0.6 is 15.6 Å². The Balaban J connectivity index is 5.19. The summed E-state index contributed by atoms with van der Waals surface area (Å²) in [5.74, 6) is -0.577. The average Bonchev–Trinajstić information content (AvgIpc) is 0.998. The molecule has 0 heterocycles. The Kier molecular flexibility index (Phi) is 68.4. The minimum Gasteiger partial charge on any atom is -0.462 e. The molecular formula is C78H152O17P2. The summed E-state index contributed by atoms with van der Waals surface area (Å²) in [6, 6.07) is 0. The van der Waals surface area contributed by atoms with Gasteiger partial charge in [0.2, 0.25) is 0 Å². The lowest BCUT2D eigenvalue weighted by atomic mass is 10.0. The van der Waals surface area contributed by atoms with Crippen LogP contribution in [0.25, 0.3) is 0 Å². The second-order valence-electron chi connectivity index (χ2n) is 29.1. The first kappa shape index (κ1) is 95.1. The summed E-state index contributed by atoms with van der Waals surface area (Å²) in [6.45, 7) is 9.59. The summed E-state index contributed by atoms with van der Waals surface area (Å²) in [5, 5.41) is 10.6. The number of hydrogen-bond donors (Lipinski definition) is 3. The zero-order valence-corrected chi connectivity index (χ0v) is 65.2. The molecule has 0 aliphatic rings. The highest BCUT2D eigenvalue weighted by atomic mass is 31.2. The molecule has 5 atom stereocenters. The topological polar surface area (TPSA) is 237 Å². The summed E-state index contributed by atoms with van der Waals surface area (Å²) in [5.41, 5.74) is 0. The van der Waals surface area contributed by atoms with Crippen molar-refractivity contribution in [2.45, 2.75) is 426 Å². The van der Waals surface area contributed by atoms with Crippen LogP contribution in [-0.2, 0) is 65.4 Å². The fourth-order valence-corrected chi connectivity index (χ4v) is 13.6. The highest BCUT2D eigenvalue weighted by Gasteiger charge is 2.30. The summed E-state index contributed by atoms with van der Waals surface area (Å²) in [7, 11) is -9.91. The number of phosphoric ester groups is 2. The molecule has 576 valence electrons. The molecule has 17 nitrogen and oxygen atoms in total. The Hall–Kier alpha value is -1.94. The lowest BCUT2D eigenvalue weighted by Crippen LogP contribution is -2.30. The van der Waals surface area contributed by atoms with Crippen LogP contribution in [0.3, 0.4) is 0 Å². The Morgan fingerprint density at radius 1 is 0.278 bits per heavy atom. The molecule has 3 N–H and O–H groups in total. The third-order valence-electron chi connectivity index (χ3n) is 18.2. The van der Waals surface area contributed by atoms with Crippen LogP contribution in [0.5, 0.6) is 0 Å². The number of carbonyl (C=O) groups excluding carboxylic acids is 4. The number of unbranched alkanes of at least 4 members (excludes halogenated alkanes) is 47. The van der Waals surface area contributed by atoms with E-state index in [1.165, 1.54) is 225 Å². The molecule has 0 saturated heterocycles. The summed E-state index contributed by atoms with van der Waals surface area (Å²) in [6.07, 6.45) is 58.4. The van der Waals surface area contributed by atoms with Gasteiger partial charge in [0, 0.05) is 25.7 Å². The van der Waals surface area contributed by atoms with Gasteiger partial charge in [-0.15, -0.1) is 0 Å². The summed E-state index contributed by atoms with van der Waals surface area (Å²) < 4.78 is 68.5. The molecule has 97 heavy (non-hydrogen) atoms. The molecule has 0 radical (unpaired) electrons. The maximum absolute atomic E-state index is 13.1. The van der Waals surface area contributed by atoms with E-state index in [1.54, 1.807) is 0 Å². The minimum atomic E-state index is -4.96. The Bertz CT molecular complexity index is 1870. The first-order valence-corrected chi connectivity index (χ1v) is 43.5. The molecule has 0 aliphatic heterocycles. The van der Waals surface area contributed by atoms with Gasteiger partial charge in [0.15, 0.2) is 12.2 Å². The first-order chi connectivity index (χ1) is 46.9. The molecule has 0 amide bonds. The molecule has 0 rings (SSSR count). The van der Waals surface area contributed by atoms with E-state index in [-0.39, 0.29) is 25.7 Å². The molecule has 0 aromatic rings. The van der Waals surface area contributed by atoms with E-state index in [9.17, 15) is 43.2 Å². The molecule has 0 saturated carbocycles. The summed E-state index contributed by atoms with van der Waals surface area (Å²) in [4.78, 5) is 72.8. The van der Waals surface area contributed by atoms with Crippen molar-refractivity contribution in [1.82, 2.24) is 0 Å². The van der Waals surface area contributed by atoms with E-state index < -0.39 is 97.5 Å². The van der Waals surface area contributed by atoms with Gasteiger partial charge in [0.05, 0.1) is 26.4 Å². The zero-order valence-electron chi connectivity index (χ0n) is 63.4. The standard InChI is InChI=1S/C78H152O17P2/c1-7-9-11-13-15-17-18-19-20-26-29-32-36-43-49-55-61-76(81)89-67-73(94-77(82)62-56-50-44-37-33-30-27-24-22-21-23-25-28-31-35-40-46-52-58-70(3)4)68-92-96(84,85)90-64-72(79)65-91-97(86,87)93-69-74(66-88-75(80)60-54-48-42-34-16-14-12-10-8-2)95-78(83)63-57-51-45-39-38-41-47-53-59-71(5)6/h70-74,79H,7-69H2,1-6H3,(H,84,85)(H,86,87)/t72-,73-,74-/m1/s1. The fourth-order valence-electron chi connectivity index (χ4n) is 12.0. The van der Waals surface area contributed by atoms with Crippen LogP contribution in [0.2, 0.25) is 0 Å². The Morgan fingerprint density at radius 3 is 0.701 bits per heavy atom. The van der Waals surface area contributed by atoms with Gasteiger partial charge >= 0.3 is 39.5 Å². The zero-order chi connectivity index (χ0) is 71.4. The lowest BCUT2D eigenvalue weighted by Gasteiger charge is -2.21. The van der Waals surface area contributed by atoms with Gasteiger partial charge in [-0.3, -0.25) is 37.3 Å². The van der Waals surface area contributed by atoms with Gasteiger partial charge in [-0.05, 0) is 37.5 Å². The predicted molar refractivity (Wildman–Crippen MR) is 395 cm³/mol. The molecule has 0 aromatic heterocycles. The second kappa shape index (κ2) is 69.8. The quantitative estimate of drug-likeness (QED) is 0.0222. The van der Waals surface area contributed by atoms with Crippen molar-refractivity contribution >= 4 is 39.5 Å². The van der Waals surface area contributed by atoms with Crippen LogP contribution in [0.1, 0.15) is 408 Å². The number of phosphoric acid groups is 2. The maximum atomic E-state index is 13.1. The third-order valence-corrected chi connectivity index (χ3v) is 20.1. The number of carbonyl (C=O) groups is 4. The highest BCUT2D eigenvalue weighted by Crippen LogP contribution is 2.45. The lowest BCUT2D eigenvalue weighted by molar-refractivity contribution is -0.161. The third kappa shape index (κ3) is 72.2. The Morgan fingerprint density at radius 2 is 0.474 bits per heavy atom. The van der Waals surface area contributed by atoms with Gasteiger partial charge < -0.3 is 33.8 Å². The first-order valence-electron chi connectivity index (χ1n) is 40.5. The van der Waals surface area contributed by atoms with Gasteiger partial charge in [-0.2, -0.15) is 0 Å². The molecular weight excluding hydrogens is 1270 g/mol. The van der Waals surface area contributed by atoms with Crippen LogP contribution in [-0.4, -0.2) is 96.7 Å². The van der Waals surface area contributed by atoms with Crippen LogP contribution in [0.4, 0.5) is 0 Å². The number of esters is 4. The van der Waals surface area contributed by atoms with Crippen molar-refractivity contribution < 1.29 is 80.2 Å². The number of aliphatic hydroxyl groups excluding tert-OH is 1. The van der Waals surface area contributed by atoms with E-state index in [2.05, 4.69) is 41.5 Å². The number of hydrogen-bond acceptors (Lipinski definition) is 15. The van der Waals surface area contributed by atoms with Crippen molar-refractivity contribution in [2.75, 3.05) is 39.6 Å². The van der Waals surface area contributed by atoms with Gasteiger partial charge in [0.25, 0.3) is 0 Å².